The van der Waals surface area contributed by atoms with Crippen molar-refractivity contribution >= 4 is 29.8 Å². The predicted octanol–water partition coefficient (Wildman–Crippen LogP) is 4.21. The Balaban J connectivity index is 0.00000320. The van der Waals surface area contributed by atoms with Crippen LogP contribution in [0.25, 0.3) is 0 Å². The molecule has 2 aromatic rings. The molecule has 3 rings (SSSR count). The fraction of sp³-hybridized carbons (Fsp3) is 0.417. The van der Waals surface area contributed by atoms with Crippen LogP contribution >= 0.6 is 12.4 Å². The predicted molar refractivity (Wildman–Crippen MR) is 123 cm³/mol. The van der Waals surface area contributed by atoms with Gasteiger partial charge in [0.15, 0.2) is 5.78 Å². The molecule has 1 aliphatic heterocycles. The molecular formula is C24H31ClN2O3. The molecule has 162 valence electrons. The smallest absolute Gasteiger partial charge is 0.223 e. The van der Waals surface area contributed by atoms with Crippen LogP contribution in [-0.2, 0) is 17.6 Å². The molecule has 30 heavy (non-hydrogen) atoms. The van der Waals surface area contributed by atoms with Gasteiger partial charge in [0.1, 0.15) is 5.75 Å². The van der Waals surface area contributed by atoms with Crippen molar-refractivity contribution in [2.75, 3.05) is 31.6 Å². The second-order valence-electron chi connectivity index (χ2n) is 7.46. The molecular weight excluding hydrogens is 400 g/mol. The van der Waals surface area contributed by atoms with Crippen LogP contribution in [0, 0.1) is 0 Å². The van der Waals surface area contributed by atoms with E-state index in [4.69, 9.17) is 4.74 Å². The van der Waals surface area contributed by atoms with E-state index in [1.807, 2.05) is 36.4 Å². The van der Waals surface area contributed by atoms with E-state index in [2.05, 4.69) is 11.4 Å². The number of carbonyl (C=O) groups is 2. The van der Waals surface area contributed by atoms with E-state index >= 15 is 0 Å². The highest BCUT2D eigenvalue weighted by Crippen LogP contribution is 2.29. The number of ether oxygens (including phenoxy) is 1. The first-order valence-corrected chi connectivity index (χ1v) is 10.4. The first-order chi connectivity index (χ1) is 14.1. The minimum atomic E-state index is 0. The summed E-state index contributed by atoms with van der Waals surface area (Å²) in [5, 5.41) is 3.44. The zero-order valence-corrected chi connectivity index (χ0v) is 18.6. The quantitative estimate of drug-likeness (QED) is 0.453. The Bertz CT molecular complexity index is 869. The Kier molecular flexibility index (Phi) is 9.34. The van der Waals surface area contributed by atoms with Crippen LogP contribution in [-0.4, -0.2) is 38.4 Å². The zero-order chi connectivity index (χ0) is 20.6. The van der Waals surface area contributed by atoms with Gasteiger partial charge in [-0.3, -0.25) is 9.59 Å². The largest absolute Gasteiger partial charge is 0.496 e. The summed E-state index contributed by atoms with van der Waals surface area (Å²) < 4.78 is 5.37. The number of methoxy groups -OCH3 is 1. The van der Waals surface area contributed by atoms with Crippen molar-refractivity contribution in [3.05, 3.63) is 59.2 Å². The Labute approximate surface area is 185 Å². The maximum atomic E-state index is 12.5. The number of hydrogen-bond acceptors (Lipinski definition) is 4. The number of rotatable bonds is 10. The summed E-state index contributed by atoms with van der Waals surface area (Å²) in [4.78, 5) is 25.9. The summed E-state index contributed by atoms with van der Waals surface area (Å²) in [6.45, 7) is 4.09. The Morgan fingerprint density at radius 1 is 1.10 bits per heavy atom. The first-order valence-electron chi connectivity index (χ1n) is 10.4. The summed E-state index contributed by atoms with van der Waals surface area (Å²) in [5.74, 6) is 1.17. The average Bonchev–Trinajstić information content (AvgIpc) is 3.16. The number of amides is 1. The van der Waals surface area contributed by atoms with Crippen LogP contribution in [0.2, 0.25) is 0 Å². The Morgan fingerprint density at radius 2 is 1.90 bits per heavy atom. The molecule has 0 saturated heterocycles. The molecule has 0 saturated carbocycles. The lowest BCUT2D eigenvalue weighted by Crippen LogP contribution is -2.25. The van der Waals surface area contributed by atoms with Gasteiger partial charge in [0.05, 0.1) is 7.11 Å². The zero-order valence-electron chi connectivity index (χ0n) is 17.8. The number of benzene rings is 2. The van der Waals surface area contributed by atoms with Crippen molar-refractivity contribution < 1.29 is 14.3 Å². The summed E-state index contributed by atoms with van der Waals surface area (Å²) in [6, 6.07) is 13.8. The van der Waals surface area contributed by atoms with Crippen molar-refractivity contribution in [3.8, 4) is 5.75 Å². The van der Waals surface area contributed by atoms with Gasteiger partial charge in [0, 0.05) is 31.1 Å². The molecule has 2 aromatic carbocycles. The van der Waals surface area contributed by atoms with Crippen LogP contribution in [0.4, 0.5) is 5.69 Å². The maximum absolute atomic E-state index is 12.5. The second-order valence-corrected chi connectivity index (χ2v) is 7.46. The molecule has 1 heterocycles. The molecule has 0 spiro atoms. The van der Waals surface area contributed by atoms with Crippen LogP contribution in [0.15, 0.2) is 42.5 Å². The SMILES string of the molecule is COc1ccccc1CCNCCCCC(=O)c1ccc2c(c1)CCN2C(C)=O.Cl. The number of para-hydroxylation sites is 1. The van der Waals surface area contributed by atoms with E-state index in [0.717, 1.165) is 61.3 Å². The molecule has 0 unspecified atom stereocenters. The molecule has 0 aliphatic carbocycles. The average molecular weight is 431 g/mol. The lowest BCUT2D eigenvalue weighted by Gasteiger charge is -2.14. The van der Waals surface area contributed by atoms with E-state index in [9.17, 15) is 9.59 Å². The van der Waals surface area contributed by atoms with Gasteiger partial charge in [-0.1, -0.05) is 18.2 Å². The third-order valence-electron chi connectivity index (χ3n) is 5.45. The van der Waals surface area contributed by atoms with E-state index < -0.39 is 0 Å². The topological polar surface area (TPSA) is 58.6 Å². The third kappa shape index (κ3) is 6.07. The summed E-state index contributed by atoms with van der Waals surface area (Å²) in [5.41, 5.74) is 4.02. The van der Waals surface area contributed by atoms with Gasteiger partial charge < -0.3 is 15.0 Å². The molecule has 1 N–H and O–H groups in total. The molecule has 1 amide bonds. The number of hydrogen-bond donors (Lipinski definition) is 1. The van der Waals surface area contributed by atoms with Crippen molar-refractivity contribution in [2.24, 2.45) is 0 Å². The minimum absolute atomic E-state index is 0. The number of ketones is 1. The summed E-state index contributed by atoms with van der Waals surface area (Å²) in [7, 11) is 1.70. The Hall–Kier alpha value is -2.37. The van der Waals surface area contributed by atoms with Gasteiger partial charge >= 0.3 is 0 Å². The molecule has 6 heteroatoms. The standard InChI is InChI=1S/C24H30N2O3.ClH/c1-18(27)26-16-13-20-17-21(10-11-22(20)26)23(28)8-5-6-14-25-15-12-19-7-3-4-9-24(19)29-2;/h3-4,7,9-11,17,25H,5-6,8,12-16H2,1-2H3;1H. The van der Waals surface area contributed by atoms with Gasteiger partial charge in [0.25, 0.3) is 0 Å². The van der Waals surface area contributed by atoms with Gasteiger partial charge in [0.2, 0.25) is 5.91 Å². The number of fused-ring (bicyclic) bond motifs is 1. The van der Waals surface area contributed by atoms with Crippen LogP contribution in [0.1, 0.15) is 47.7 Å². The van der Waals surface area contributed by atoms with Crippen LogP contribution < -0.4 is 15.0 Å². The number of unbranched alkanes of at least 4 members (excludes halogenated alkanes) is 1. The lowest BCUT2D eigenvalue weighted by atomic mass is 10.0. The number of anilines is 1. The molecule has 0 atom stereocenters. The van der Waals surface area contributed by atoms with Crippen LogP contribution in [0.5, 0.6) is 5.75 Å². The lowest BCUT2D eigenvalue weighted by molar-refractivity contribution is -0.116. The molecule has 0 aromatic heterocycles. The van der Waals surface area contributed by atoms with Crippen molar-refractivity contribution in [1.82, 2.24) is 5.32 Å². The number of nitrogens with zero attached hydrogens (tertiary/aromatic N) is 1. The monoisotopic (exact) mass is 430 g/mol. The van der Waals surface area contributed by atoms with Gasteiger partial charge in [-0.2, -0.15) is 0 Å². The molecule has 0 bridgehead atoms. The van der Waals surface area contributed by atoms with Gasteiger partial charge in [-0.05, 0) is 74.2 Å². The van der Waals surface area contributed by atoms with E-state index in [-0.39, 0.29) is 24.1 Å². The van der Waals surface area contributed by atoms with E-state index in [1.54, 1.807) is 18.9 Å². The van der Waals surface area contributed by atoms with Crippen molar-refractivity contribution in [3.63, 3.8) is 0 Å². The highest BCUT2D eigenvalue weighted by Gasteiger charge is 2.22. The normalized spacial score (nSPS) is 12.3. The minimum Gasteiger partial charge on any atom is -0.496 e. The summed E-state index contributed by atoms with van der Waals surface area (Å²) in [6.07, 6.45) is 4.16. The Morgan fingerprint density at radius 3 is 2.67 bits per heavy atom. The maximum Gasteiger partial charge on any atom is 0.223 e. The highest BCUT2D eigenvalue weighted by molar-refractivity contribution is 5.98. The number of Topliss-reactive ketones (excluding diaryl/α,β-unsaturated/α-hetero) is 1. The molecule has 0 radical (unpaired) electrons. The second kappa shape index (κ2) is 11.7. The first kappa shape index (κ1) is 23.9. The fourth-order valence-electron chi connectivity index (χ4n) is 3.84. The van der Waals surface area contributed by atoms with Crippen molar-refractivity contribution in [2.45, 2.75) is 39.0 Å². The van der Waals surface area contributed by atoms with Crippen LogP contribution in [0.3, 0.4) is 0 Å². The fourth-order valence-corrected chi connectivity index (χ4v) is 3.84. The number of halogens is 1. The number of carbonyl (C=O) groups excluding carboxylic acids is 2. The van der Waals surface area contributed by atoms with E-state index in [0.29, 0.717) is 13.0 Å². The van der Waals surface area contributed by atoms with E-state index in [1.165, 1.54) is 5.56 Å². The molecule has 5 nitrogen and oxygen atoms in total. The van der Waals surface area contributed by atoms with Gasteiger partial charge in [-0.25, -0.2) is 0 Å². The van der Waals surface area contributed by atoms with Crippen molar-refractivity contribution in [1.29, 1.82) is 0 Å². The molecule has 0 fully saturated rings. The molecule has 1 aliphatic rings. The summed E-state index contributed by atoms with van der Waals surface area (Å²) >= 11 is 0. The van der Waals surface area contributed by atoms with Gasteiger partial charge in [-0.15, -0.1) is 12.4 Å². The number of nitrogens with one attached hydrogen (secondary N) is 1. The third-order valence-corrected chi connectivity index (χ3v) is 5.45. The highest BCUT2D eigenvalue weighted by atomic mass is 35.5.